The molecule has 0 atom stereocenters. The summed E-state index contributed by atoms with van der Waals surface area (Å²) in [5, 5.41) is 17.5. The van der Waals surface area contributed by atoms with Gasteiger partial charge in [0.15, 0.2) is 0 Å². The summed E-state index contributed by atoms with van der Waals surface area (Å²) in [5.41, 5.74) is 0. The van der Waals surface area contributed by atoms with E-state index in [1.165, 1.54) is 116 Å². The Labute approximate surface area is 264 Å². The van der Waals surface area contributed by atoms with E-state index in [1.54, 1.807) is 0 Å². The standard InChI is InChI=1S/C36H68O7/c37-32-28-24-20-16-12-8-4-1-2-7-11-15-19-23-27-31-35(40)42-43-36(41)34(39)30-26-22-18-14-10-6-3-5-9-13-17-21-25-29-33-38/h37-38H,1-33H2. The van der Waals surface area contributed by atoms with Gasteiger partial charge in [-0.05, 0) is 25.7 Å². The first-order valence-corrected chi connectivity index (χ1v) is 18.3. The number of hydrogen-bond acceptors (Lipinski definition) is 7. The van der Waals surface area contributed by atoms with E-state index >= 15 is 0 Å². The molecule has 0 saturated heterocycles. The van der Waals surface area contributed by atoms with Gasteiger partial charge in [-0.3, -0.25) is 4.79 Å². The molecular weight excluding hydrogens is 544 g/mol. The van der Waals surface area contributed by atoms with E-state index in [0.29, 0.717) is 26.1 Å². The summed E-state index contributed by atoms with van der Waals surface area (Å²) in [4.78, 5) is 44.5. The molecule has 0 aromatic carbocycles. The maximum atomic E-state index is 11.9. The van der Waals surface area contributed by atoms with Crippen molar-refractivity contribution in [2.45, 2.75) is 199 Å². The molecule has 0 spiro atoms. The van der Waals surface area contributed by atoms with E-state index in [1.807, 2.05) is 0 Å². The molecule has 0 radical (unpaired) electrons. The summed E-state index contributed by atoms with van der Waals surface area (Å²) in [5.74, 6) is -2.29. The minimum atomic E-state index is -1.07. The Kier molecular flexibility index (Phi) is 33.8. The summed E-state index contributed by atoms with van der Waals surface area (Å²) in [6.45, 7) is 0.640. The molecule has 43 heavy (non-hydrogen) atoms. The van der Waals surface area contributed by atoms with Crippen molar-refractivity contribution in [3.05, 3.63) is 0 Å². The lowest BCUT2D eigenvalue weighted by Crippen LogP contribution is -2.19. The number of carbonyl (C=O) groups excluding carboxylic acids is 3. The summed E-state index contributed by atoms with van der Waals surface area (Å²) < 4.78 is 0. The second-order valence-electron chi connectivity index (χ2n) is 12.4. The molecule has 0 saturated carbocycles. The highest BCUT2D eigenvalue weighted by Gasteiger charge is 2.18. The van der Waals surface area contributed by atoms with Crippen molar-refractivity contribution in [2.75, 3.05) is 13.2 Å². The van der Waals surface area contributed by atoms with Crippen LogP contribution in [0.2, 0.25) is 0 Å². The van der Waals surface area contributed by atoms with E-state index < -0.39 is 17.7 Å². The molecule has 0 bridgehead atoms. The summed E-state index contributed by atoms with van der Waals surface area (Å²) in [6, 6.07) is 0. The fourth-order valence-corrected chi connectivity index (χ4v) is 5.47. The highest BCUT2D eigenvalue weighted by atomic mass is 17.2. The number of aliphatic hydroxyl groups is 2. The number of unbranched alkanes of at least 4 members (excludes halogenated alkanes) is 27. The van der Waals surface area contributed by atoms with E-state index in [0.717, 1.165) is 57.8 Å². The van der Waals surface area contributed by atoms with Crippen molar-refractivity contribution in [3.63, 3.8) is 0 Å². The molecule has 7 nitrogen and oxygen atoms in total. The second-order valence-corrected chi connectivity index (χ2v) is 12.4. The van der Waals surface area contributed by atoms with Crippen LogP contribution in [0.5, 0.6) is 0 Å². The Hall–Kier alpha value is -1.47. The molecule has 0 aromatic heterocycles. The van der Waals surface area contributed by atoms with Gasteiger partial charge in [0.25, 0.3) is 0 Å². The lowest BCUT2D eigenvalue weighted by molar-refractivity contribution is -0.256. The Bertz CT molecular complexity index is 623. The van der Waals surface area contributed by atoms with Crippen LogP contribution < -0.4 is 0 Å². The van der Waals surface area contributed by atoms with Crippen molar-refractivity contribution in [2.24, 2.45) is 0 Å². The zero-order valence-corrected chi connectivity index (χ0v) is 27.8. The fourth-order valence-electron chi connectivity index (χ4n) is 5.47. The second kappa shape index (κ2) is 35.0. The van der Waals surface area contributed by atoms with Crippen LogP contribution >= 0.6 is 0 Å². The van der Waals surface area contributed by atoms with Crippen LogP contribution in [0, 0.1) is 0 Å². The van der Waals surface area contributed by atoms with Crippen LogP contribution in [-0.2, 0) is 24.2 Å². The van der Waals surface area contributed by atoms with Crippen molar-refractivity contribution < 1.29 is 34.4 Å². The number of rotatable bonds is 34. The first-order chi connectivity index (χ1) is 21.1. The third-order valence-electron chi connectivity index (χ3n) is 8.29. The predicted molar refractivity (Wildman–Crippen MR) is 174 cm³/mol. The molecule has 0 aliphatic rings. The molecule has 0 unspecified atom stereocenters. The molecule has 7 heteroatoms. The minimum absolute atomic E-state index is 0.140. The topological polar surface area (TPSA) is 110 Å². The van der Waals surface area contributed by atoms with Crippen LogP contribution in [0.4, 0.5) is 0 Å². The number of hydrogen-bond donors (Lipinski definition) is 2. The number of ketones is 1. The monoisotopic (exact) mass is 612 g/mol. The molecule has 2 N–H and O–H groups in total. The maximum Gasteiger partial charge on any atom is 0.421 e. The molecule has 0 aliphatic carbocycles. The Morgan fingerprint density at radius 3 is 0.884 bits per heavy atom. The molecule has 254 valence electrons. The van der Waals surface area contributed by atoms with Crippen molar-refractivity contribution in [1.82, 2.24) is 0 Å². The van der Waals surface area contributed by atoms with Gasteiger partial charge in [-0.1, -0.05) is 161 Å². The lowest BCUT2D eigenvalue weighted by atomic mass is 10.0. The fraction of sp³-hybridized carbons (Fsp3) is 0.917. The third-order valence-corrected chi connectivity index (χ3v) is 8.29. The van der Waals surface area contributed by atoms with Gasteiger partial charge in [-0.15, -0.1) is 0 Å². The van der Waals surface area contributed by atoms with Gasteiger partial charge in [-0.2, -0.15) is 0 Å². The number of carbonyl (C=O) groups is 3. The van der Waals surface area contributed by atoms with Gasteiger partial charge in [0.05, 0.1) is 6.42 Å². The van der Waals surface area contributed by atoms with E-state index in [-0.39, 0.29) is 12.8 Å². The molecule has 0 fully saturated rings. The normalized spacial score (nSPS) is 11.1. The predicted octanol–water partition coefficient (Wildman–Crippen LogP) is 9.63. The lowest BCUT2D eigenvalue weighted by Gasteiger charge is -2.04. The number of aliphatic hydroxyl groups excluding tert-OH is 2. The smallest absolute Gasteiger partial charge is 0.396 e. The zero-order chi connectivity index (χ0) is 31.5. The van der Waals surface area contributed by atoms with Gasteiger partial charge >= 0.3 is 11.9 Å². The van der Waals surface area contributed by atoms with Gasteiger partial charge in [0, 0.05) is 19.6 Å². The summed E-state index contributed by atoms with van der Waals surface area (Å²) in [7, 11) is 0. The van der Waals surface area contributed by atoms with Crippen LogP contribution in [0.3, 0.4) is 0 Å². The summed E-state index contributed by atoms with van der Waals surface area (Å²) in [6.07, 6.45) is 34.1. The third kappa shape index (κ3) is 33.3. The van der Waals surface area contributed by atoms with Crippen LogP contribution in [0.15, 0.2) is 0 Å². The average molecular weight is 613 g/mol. The zero-order valence-electron chi connectivity index (χ0n) is 27.8. The van der Waals surface area contributed by atoms with E-state index in [4.69, 9.17) is 10.2 Å². The first-order valence-electron chi connectivity index (χ1n) is 18.3. The maximum absolute atomic E-state index is 11.9. The molecule has 0 amide bonds. The minimum Gasteiger partial charge on any atom is -0.396 e. The van der Waals surface area contributed by atoms with Gasteiger partial charge in [-0.25, -0.2) is 19.4 Å². The molecule has 0 aliphatic heterocycles. The van der Waals surface area contributed by atoms with Crippen molar-refractivity contribution in [1.29, 1.82) is 0 Å². The van der Waals surface area contributed by atoms with Gasteiger partial charge in [0.2, 0.25) is 5.78 Å². The van der Waals surface area contributed by atoms with E-state index in [2.05, 4.69) is 9.78 Å². The van der Waals surface area contributed by atoms with Gasteiger partial charge in [0.1, 0.15) is 0 Å². The Morgan fingerprint density at radius 2 is 0.581 bits per heavy atom. The Balaban J connectivity index is 3.39. The van der Waals surface area contributed by atoms with Crippen LogP contribution in [0.25, 0.3) is 0 Å². The quantitative estimate of drug-likeness (QED) is 0.0322. The van der Waals surface area contributed by atoms with Crippen molar-refractivity contribution >= 4 is 17.7 Å². The highest BCUT2D eigenvalue weighted by molar-refractivity contribution is 6.33. The average Bonchev–Trinajstić information content (AvgIpc) is 3.01. The molecular formula is C36H68O7. The highest BCUT2D eigenvalue weighted by Crippen LogP contribution is 2.15. The van der Waals surface area contributed by atoms with Crippen LogP contribution in [-0.4, -0.2) is 41.1 Å². The number of Topliss-reactive ketones (excluding diaryl/α,β-unsaturated/α-hetero) is 1. The Morgan fingerprint density at radius 1 is 0.326 bits per heavy atom. The van der Waals surface area contributed by atoms with Crippen LogP contribution in [0.1, 0.15) is 199 Å². The van der Waals surface area contributed by atoms with Crippen molar-refractivity contribution in [3.8, 4) is 0 Å². The first kappa shape index (κ1) is 41.5. The largest absolute Gasteiger partial charge is 0.421 e. The summed E-state index contributed by atoms with van der Waals surface area (Å²) >= 11 is 0. The van der Waals surface area contributed by atoms with E-state index in [9.17, 15) is 14.4 Å². The molecule has 0 rings (SSSR count). The molecule has 0 heterocycles. The van der Waals surface area contributed by atoms with Gasteiger partial charge < -0.3 is 10.2 Å². The molecule has 0 aromatic rings. The SMILES string of the molecule is O=C(CCCCCCCCCCCCCCCCCO)OOC(=O)C(=O)CCCCCCCCCCCCCCCCO.